The second-order valence-corrected chi connectivity index (χ2v) is 17.9. The van der Waals surface area contributed by atoms with E-state index in [2.05, 4.69) is 36.9 Å². The van der Waals surface area contributed by atoms with E-state index in [9.17, 15) is 53.4 Å². The number of guanidine groups is 1. The van der Waals surface area contributed by atoms with E-state index in [1.54, 1.807) is 27.7 Å². The fourth-order valence-corrected chi connectivity index (χ4v) is 7.97. The van der Waals surface area contributed by atoms with Crippen LogP contribution in [0.2, 0.25) is 0 Å². The van der Waals surface area contributed by atoms with Crippen molar-refractivity contribution in [2.45, 2.75) is 153 Å². The third kappa shape index (κ3) is 18.8. The molecule has 0 aromatic carbocycles. The summed E-state index contributed by atoms with van der Waals surface area (Å²) in [5, 5.41) is 35.4. The standard InChI is InChI=1S/C43H78N14O11/c1-24(2)33(54-35(60)26(46)12-5-7-17-44)38(63)50-22-32(59)51-27(13-6-8-18-45)36(61)53-29(23-58)40(65)57-21-11-16-31(57)41(66)56-20-10-15-30(56)37(62)55-34(25(3)4)39(64)52-28(42(67)68)14-9-19-49-43(47)48/h24-31,33-34,58H,5-23,44-46H2,1-4H3,(H,50,63)(H,51,59)(H,52,64)(H,53,61)(H,54,60)(H,55,62)(H,67,68)(H4,47,48,49)/t26-,27-,28-,29-,30-,31-,33-,34-/m0/s1. The summed E-state index contributed by atoms with van der Waals surface area (Å²) in [7, 11) is 0. The second kappa shape index (κ2) is 30.0. The van der Waals surface area contributed by atoms with Gasteiger partial charge < -0.3 is 80.6 Å². The van der Waals surface area contributed by atoms with Crippen molar-refractivity contribution < 1.29 is 53.4 Å². The molecule has 8 amide bonds. The molecule has 0 saturated carbocycles. The monoisotopic (exact) mass is 967 g/mol. The van der Waals surface area contributed by atoms with Crippen LogP contribution in [0.1, 0.15) is 105 Å². The molecule has 2 fully saturated rings. The number of carbonyl (C=O) groups excluding carboxylic acids is 8. The normalized spacial score (nSPS) is 18.4. The highest BCUT2D eigenvalue weighted by Gasteiger charge is 2.44. The summed E-state index contributed by atoms with van der Waals surface area (Å²) in [6.07, 6.45) is 4.27. The van der Waals surface area contributed by atoms with E-state index in [0.29, 0.717) is 58.0 Å². The molecule has 2 heterocycles. The van der Waals surface area contributed by atoms with Crippen LogP contribution in [0.4, 0.5) is 0 Å². The number of hydrogen-bond donors (Lipinski definition) is 13. The van der Waals surface area contributed by atoms with E-state index < -0.39 is 121 Å². The number of unbranched alkanes of at least 4 members (excludes halogenated alkanes) is 2. The first kappa shape index (κ1) is 58.5. The Morgan fingerprint density at radius 2 is 1.21 bits per heavy atom. The molecule has 2 aliphatic rings. The summed E-state index contributed by atoms with van der Waals surface area (Å²) in [6, 6.07) is -9.10. The molecule has 0 aromatic rings. The zero-order valence-corrected chi connectivity index (χ0v) is 40.0. The first-order valence-electron chi connectivity index (χ1n) is 23.6. The molecule has 0 radical (unpaired) electrons. The van der Waals surface area contributed by atoms with E-state index >= 15 is 0 Å². The lowest BCUT2D eigenvalue weighted by Crippen LogP contribution is -2.60. The average molecular weight is 967 g/mol. The Kier molecular flexibility index (Phi) is 25.8. The Morgan fingerprint density at radius 1 is 0.647 bits per heavy atom. The zero-order chi connectivity index (χ0) is 51.1. The van der Waals surface area contributed by atoms with E-state index in [1.807, 2.05) is 0 Å². The van der Waals surface area contributed by atoms with Crippen molar-refractivity contribution >= 4 is 59.2 Å². The summed E-state index contributed by atoms with van der Waals surface area (Å²) in [5.41, 5.74) is 27.8. The number of aliphatic hydroxyl groups excluding tert-OH is 1. The summed E-state index contributed by atoms with van der Waals surface area (Å²) in [4.78, 5) is 126. The molecular weight excluding hydrogens is 889 g/mol. The average Bonchev–Trinajstić information content (AvgIpc) is 3.99. The predicted octanol–water partition coefficient (Wildman–Crippen LogP) is -4.46. The lowest BCUT2D eigenvalue weighted by Gasteiger charge is -2.33. The number of carboxylic acid groups (broad SMARTS) is 1. The van der Waals surface area contributed by atoms with Crippen molar-refractivity contribution in [1.82, 2.24) is 41.7 Å². The third-order valence-electron chi connectivity index (χ3n) is 11.8. The number of aliphatic hydroxyl groups is 1. The first-order valence-corrected chi connectivity index (χ1v) is 23.6. The Labute approximate surface area is 398 Å². The van der Waals surface area contributed by atoms with Gasteiger partial charge in [-0.25, -0.2) is 4.79 Å². The van der Waals surface area contributed by atoms with Crippen LogP contribution in [-0.4, -0.2) is 173 Å². The van der Waals surface area contributed by atoms with Gasteiger partial charge >= 0.3 is 5.97 Å². The minimum absolute atomic E-state index is 0.0166. The van der Waals surface area contributed by atoms with Crippen LogP contribution in [0.15, 0.2) is 4.99 Å². The Morgan fingerprint density at radius 3 is 1.78 bits per heavy atom. The molecule has 25 heteroatoms. The predicted molar refractivity (Wildman–Crippen MR) is 250 cm³/mol. The highest BCUT2D eigenvalue weighted by atomic mass is 16.4. The van der Waals surface area contributed by atoms with Crippen molar-refractivity contribution in [3.8, 4) is 0 Å². The van der Waals surface area contributed by atoms with Gasteiger partial charge in [0.2, 0.25) is 47.3 Å². The summed E-state index contributed by atoms with van der Waals surface area (Å²) >= 11 is 0. The van der Waals surface area contributed by atoms with Gasteiger partial charge in [0.05, 0.1) is 19.2 Å². The van der Waals surface area contributed by atoms with Gasteiger partial charge in [0.15, 0.2) is 5.96 Å². The number of carbonyl (C=O) groups is 9. The van der Waals surface area contributed by atoms with Gasteiger partial charge in [0, 0.05) is 19.6 Å². The van der Waals surface area contributed by atoms with Crippen molar-refractivity contribution in [2.24, 2.45) is 45.5 Å². The van der Waals surface area contributed by atoms with Gasteiger partial charge in [-0.05, 0) is 95.6 Å². The second-order valence-electron chi connectivity index (χ2n) is 17.9. The maximum Gasteiger partial charge on any atom is 0.326 e. The summed E-state index contributed by atoms with van der Waals surface area (Å²) < 4.78 is 0. The fraction of sp³-hybridized carbons (Fsp3) is 0.767. The lowest BCUT2D eigenvalue weighted by atomic mass is 10.0. The van der Waals surface area contributed by atoms with Crippen LogP contribution >= 0.6 is 0 Å². The Balaban J connectivity index is 2.13. The van der Waals surface area contributed by atoms with Crippen molar-refractivity contribution in [3.63, 3.8) is 0 Å². The van der Waals surface area contributed by atoms with Gasteiger partial charge in [0.25, 0.3) is 0 Å². The van der Waals surface area contributed by atoms with Crippen LogP contribution in [0.5, 0.6) is 0 Å². The highest BCUT2D eigenvalue weighted by Crippen LogP contribution is 2.26. The fourth-order valence-electron chi connectivity index (χ4n) is 7.97. The van der Waals surface area contributed by atoms with E-state index in [4.69, 9.17) is 28.7 Å². The van der Waals surface area contributed by atoms with Crippen LogP contribution in [0.3, 0.4) is 0 Å². The van der Waals surface area contributed by atoms with Crippen LogP contribution in [-0.2, 0) is 43.2 Å². The molecule has 2 rings (SSSR count). The quantitative estimate of drug-likeness (QED) is 0.0183. The molecular formula is C43H78N14O11. The lowest BCUT2D eigenvalue weighted by molar-refractivity contribution is -0.148. The van der Waals surface area contributed by atoms with Crippen LogP contribution < -0.4 is 60.6 Å². The highest BCUT2D eigenvalue weighted by molar-refractivity contribution is 5.98. The van der Waals surface area contributed by atoms with Crippen molar-refractivity contribution in [1.29, 1.82) is 0 Å². The zero-order valence-electron chi connectivity index (χ0n) is 40.0. The van der Waals surface area contributed by atoms with Gasteiger partial charge in [-0.2, -0.15) is 0 Å². The minimum Gasteiger partial charge on any atom is -0.480 e. The Hall–Kier alpha value is -5.66. The van der Waals surface area contributed by atoms with Gasteiger partial charge in [-0.1, -0.05) is 34.1 Å². The van der Waals surface area contributed by atoms with Crippen molar-refractivity contribution in [3.05, 3.63) is 0 Å². The number of aliphatic imine (C=N–C) groups is 1. The number of amides is 8. The number of nitrogens with zero attached hydrogens (tertiary/aromatic N) is 3. The number of carboxylic acids is 1. The van der Waals surface area contributed by atoms with E-state index in [0.717, 1.165) is 0 Å². The van der Waals surface area contributed by atoms with Crippen LogP contribution in [0.25, 0.3) is 0 Å². The number of likely N-dealkylation sites (tertiary alicyclic amines) is 2. The molecule has 0 unspecified atom stereocenters. The number of rotatable bonds is 30. The maximum absolute atomic E-state index is 14.2. The maximum atomic E-state index is 14.2. The smallest absolute Gasteiger partial charge is 0.326 e. The molecule has 2 aliphatic heterocycles. The molecule has 25 nitrogen and oxygen atoms in total. The topological polar surface area (TPSA) is 415 Å². The largest absolute Gasteiger partial charge is 0.480 e. The molecule has 386 valence electrons. The number of nitrogens with two attached hydrogens (primary N) is 5. The van der Waals surface area contributed by atoms with E-state index in [-0.39, 0.29) is 63.6 Å². The molecule has 0 spiro atoms. The van der Waals surface area contributed by atoms with Gasteiger partial charge in [-0.3, -0.25) is 43.3 Å². The molecule has 68 heavy (non-hydrogen) atoms. The SMILES string of the molecule is CC(C)[C@H](NC(=O)[C@@H](N)CCCCN)C(=O)NCC(=O)N[C@@H](CCCCN)C(=O)N[C@@H](CO)C(=O)N1CCC[C@H]1C(=O)N1CCC[C@H]1C(=O)N[C@H](C(=O)N[C@@H](CCCN=C(N)N)C(=O)O)C(C)C. The first-order chi connectivity index (χ1) is 32.2. The molecule has 8 atom stereocenters. The number of nitrogens with one attached hydrogen (secondary N) is 6. The number of hydrogen-bond acceptors (Lipinski definition) is 14. The van der Waals surface area contributed by atoms with Crippen LogP contribution in [0, 0.1) is 11.8 Å². The number of aliphatic carboxylic acids is 1. The third-order valence-corrected chi connectivity index (χ3v) is 11.8. The molecule has 18 N–H and O–H groups in total. The van der Waals surface area contributed by atoms with E-state index in [1.165, 1.54) is 9.80 Å². The van der Waals surface area contributed by atoms with Crippen molar-refractivity contribution in [2.75, 3.05) is 45.9 Å². The minimum atomic E-state index is -1.52. The molecule has 2 saturated heterocycles. The summed E-state index contributed by atoms with van der Waals surface area (Å²) in [6.45, 7) is 6.52. The molecule has 0 aromatic heterocycles. The summed E-state index contributed by atoms with van der Waals surface area (Å²) in [5.74, 6) is -7.69. The van der Waals surface area contributed by atoms with Gasteiger partial charge in [-0.15, -0.1) is 0 Å². The molecule has 0 bridgehead atoms. The Bertz CT molecular complexity index is 1750. The molecule has 0 aliphatic carbocycles. The van der Waals surface area contributed by atoms with Gasteiger partial charge in [0.1, 0.15) is 42.3 Å².